The number of carbonyl (C=O) groups excluding carboxylic acids is 1. The Balaban J connectivity index is 0.000000298. The van der Waals surface area contributed by atoms with E-state index in [-0.39, 0.29) is 11.8 Å². The van der Waals surface area contributed by atoms with Gasteiger partial charge in [0.2, 0.25) is 5.91 Å². The van der Waals surface area contributed by atoms with Crippen LogP contribution in [-0.2, 0) is 9.59 Å². The summed E-state index contributed by atoms with van der Waals surface area (Å²) in [6, 6.07) is 0. The molecule has 0 unspecified atom stereocenters. The van der Waals surface area contributed by atoms with Crippen LogP contribution in [0.1, 0.15) is 33.1 Å². The number of halogens is 4. The molecule has 21 heavy (non-hydrogen) atoms. The fourth-order valence-corrected chi connectivity index (χ4v) is 1.77. The van der Waals surface area contributed by atoms with Crippen LogP contribution in [0.2, 0.25) is 0 Å². The molecule has 2 fully saturated rings. The highest BCUT2D eigenvalue weighted by molar-refractivity contribution is 6.27. The van der Waals surface area contributed by atoms with Crippen molar-refractivity contribution in [3.63, 3.8) is 0 Å². The van der Waals surface area contributed by atoms with Gasteiger partial charge in [0.25, 0.3) is 0 Å². The van der Waals surface area contributed by atoms with Gasteiger partial charge in [0.05, 0.1) is 0 Å². The largest absolute Gasteiger partial charge is 0.490 e. The number of carboxylic acid groups (broad SMARTS) is 1. The van der Waals surface area contributed by atoms with Gasteiger partial charge in [0.15, 0.2) is 0 Å². The van der Waals surface area contributed by atoms with Crippen LogP contribution < -0.4 is 0 Å². The van der Waals surface area contributed by atoms with Gasteiger partial charge in [-0.05, 0) is 11.8 Å². The molecule has 1 aliphatic carbocycles. The third kappa shape index (κ3) is 8.80. The summed E-state index contributed by atoms with van der Waals surface area (Å²) >= 11 is 5.32. The first-order valence-corrected chi connectivity index (χ1v) is 7.25. The fraction of sp³-hybridized carbons (Fsp3) is 0.846. The molecule has 1 saturated carbocycles. The molecule has 8 heteroatoms. The van der Waals surface area contributed by atoms with Gasteiger partial charge < -0.3 is 10.0 Å². The molecule has 0 atom stereocenters. The number of likely N-dealkylation sites (tertiary alicyclic amines) is 1. The predicted octanol–water partition coefficient (Wildman–Crippen LogP) is 3.14. The fourth-order valence-electron chi connectivity index (χ4n) is 1.60. The van der Waals surface area contributed by atoms with Crippen LogP contribution in [0.25, 0.3) is 0 Å². The lowest BCUT2D eigenvalue weighted by molar-refractivity contribution is -0.192. The summed E-state index contributed by atoms with van der Waals surface area (Å²) in [4.78, 5) is 21.4. The van der Waals surface area contributed by atoms with Crippen molar-refractivity contribution in [3.8, 4) is 0 Å². The Kier molecular flexibility index (Phi) is 8.70. The molecule has 1 N–H and O–H groups in total. The number of alkyl halides is 4. The minimum atomic E-state index is -5.08. The molecule has 0 aromatic rings. The Morgan fingerprint density at radius 3 is 1.71 bits per heavy atom. The van der Waals surface area contributed by atoms with E-state index in [1.54, 1.807) is 4.90 Å². The molecule has 124 valence electrons. The van der Waals surface area contributed by atoms with Crippen LogP contribution in [0.15, 0.2) is 0 Å². The topological polar surface area (TPSA) is 57.6 Å². The lowest BCUT2D eigenvalue weighted by Crippen LogP contribution is -2.49. The molecule has 1 saturated heterocycles. The van der Waals surface area contributed by atoms with Gasteiger partial charge in [0.1, 0.15) is 5.88 Å². The number of carboxylic acids is 1. The van der Waals surface area contributed by atoms with Gasteiger partial charge >= 0.3 is 12.1 Å². The second-order valence-corrected chi connectivity index (χ2v) is 5.64. The zero-order valence-electron chi connectivity index (χ0n) is 12.1. The summed E-state index contributed by atoms with van der Waals surface area (Å²) in [6.45, 7) is 6.22. The third-order valence-electron chi connectivity index (χ3n) is 3.17. The third-order valence-corrected chi connectivity index (χ3v) is 3.40. The van der Waals surface area contributed by atoms with E-state index in [2.05, 4.69) is 13.8 Å². The summed E-state index contributed by atoms with van der Waals surface area (Å²) in [7, 11) is 0. The van der Waals surface area contributed by atoms with Crippen molar-refractivity contribution < 1.29 is 27.9 Å². The monoisotopic (exact) mass is 331 g/mol. The second kappa shape index (κ2) is 9.12. The Hall–Kier alpha value is -0.980. The second-order valence-electron chi connectivity index (χ2n) is 5.38. The van der Waals surface area contributed by atoms with E-state index in [0.717, 1.165) is 19.0 Å². The molecular formula is C13H21ClF3NO3. The van der Waals surface area contributed by atoms with Crippen LogP contribution in [-0.4, -0.2) is 47.0 Å². The quantitative estimate of drug-likeness (QED) is 0.751. The Labute approximate surface area is 127 Å². The van der Waals surface area contributed by atoms with Gasteiger partial charge in [-0.1, -0.05) is 33.1 Å². The molecular weight excluding hydrogens is 311 g/mol. The average molecular weight is 332 g/mol. The Bertz CT molecular complexity index is 340. The molecule has 2 rings (SSSR count). The zero-order chi connectivity index (χ0) is 16.6. The number of rotatable bonds is 1. The number of carbonyl (C=O) groups is 2. The van der Waals surface area contributed by atoms with Crippen molar-refractivity contribution in [2.24, 2.45) is 11.8 Å². The van der Waals surface area contributed by atoms with Crippen molar-refractivity contribution in [3.05, 3.63) is 0 Å². The average Bonchev–Trinajstić information content (AvgIpc) is 2.32. The number of hydrogen-bond acceptors (Lipinski definition) is 2. The van der Waals surface area contributed by atoms with E-state index in [4.69, 9.17) is 21.5 Å². The predicted molar refractivity (Wildman–Crippen MR) is 73.2 cm³/mol. The normalized spacial score (nSPS) is 18.3. The zero-order valence-corrected chi connectivity index (χ0v) is 12.9. The highest BCUT2D eigenvalue weighted by atomic mass is 35.5. The maximum absolute atomic E-state index is 10.7. The standard InChI is InChI=1S/C6H10ClNO.C5H10.C2HF3O2/c1-5-3-8(4-5)6(9)2-7;1-5-3-2-4-5;3-2(4,5)1(6)7/h5H,2-4H2,1H3;5H,2-4H2,1H3;(H,6,7). The molecule has 2 aliphatic rings. The maximum Gasteiger partial charge on any atom is 0.490 e. The van der Waals surface area contributed by atoms with Crippen LogP contribution >= 0.6 is 11.6 Å². The summed E-state index contributed by atoms with van der Waals surface area (Å²) in [5.74, 6) is -0.818. The van der Waals surface area contributed by atoms with Gasteiger partial charge in [-0.15, -0.1) is 11.6 Å². The van der Waals surface area contributed by atoms with Gasteiger partial charge in [-0.2, -0.15) is 13.2 Å². The van der Waals surface area contributed by atoms with Crippen LogP contribution in [0.3, 0.4) is 0 Å². The molecule has 0 aromatic heterocycles. The lowest BCUT2D eigenvalue weighted by atomic mass is 9.88. The van der Waals surface area contributed by atoms with Gasteiger partial charge in [-0.3, -0.25) is 4.79 Å². The SMILES string of the molecule is CC1CCC1.CC1CN(C(=O)CCl)C1.O=C(O)C(F)(F)F. The number of amides is 1. The summed E-state index contributed by atoms with van der Waals surface area (Å²) in [6.07, 6.45) is -0.624. The first-order chi connectivity index (χ1) is 9.57. The van der Waals surface area contributed by atoms with Crippen molar-refractivity contribution in [2.45, 2.75) is 39.3 Å². The van der Waals surface area contributed by atoms with Crippen molar-refractivity contribution in [1.82, 2.24) is 4.90 Å². The van der Waals surface area contributed by atoms with Crippen molar-refractivity contribution >= 4 is 23.5 Å². The first-order valence-electron chi connectivity index (χ1n) is 6.71. The Morgan fingerprint density at radius 2 is 1.57 bits per heavy atom. The molecule has 1 heterocycles. The summed E-state index contributed by atoms with van der Waals surface area (Å²) in [5, 5.41) is 7.12. The molecule has 0 spiro atoms. The van der Waals surface area contributed by atoms with E-state index < -0.39 is 12.1 Å². The maximum atomic E-state index is 10.7. The van der Waals surface area contributed by atoms with E-state index in [0.29, 0.717) is 5.92 Å². The minimum absolute atomic E-state index is 0.0646. The van der Waals surface area contributed by atoms with Crippen LogP contribution in [0.4, 0.5) is 13.2 Å². The molecule has 0 bridgehead atoms. The van der Waals surface area contributed by atoms with Gasteiger partial charge in [-0.25, -0.2) is 4.79 Å². The molecule has 1 amide bonds. The smallest absolute Gasteiger partial charge is 0.475 e. The first kappa shape index (κ1) is 20.0. The molecule has 1 aliphatic heterocycles. The van der Waals surface area contributed by atoms with E-state index in [1.807, 2.05) is 0 Å². The Morgan fingerprint density at radius 1 is 1.19 bits per heavy atom. The van der Waals surface area contributed by atoms with Crippen LogP contribution in [0.5, 0.6) is 0 Å². The molecule has 4 nitrogen and oxygen atoms in total. The highest BCUT2D eigenvalue weighted by Crippen LogP contribution is 2.24. The summed E-state index contributed by atoms with van der Waals surface area (Å²) in [5.41, 5.74) is 0. The van der Waals surface area contributed by atoms with Gasteiger partial charge in [0, 0.05) is 13.1 Å². The molecule has 0 radical (unpaired) electrons. The minimum Gasteiger partial charge on any atom is -0.475 e. The number of nitrogens with zero attached hydrogens (tertiary/aromatic N) is 1. The summed E-state index contributed by atoms with van der Waals surface area (Å²) < 4.78 is 31.7. The lowest BCUT2D eigenvalue weighted by Gasteiger charge is -2.36. The van der Waals surface area contributed by atoms with Crippen molar-refractivity contribution in [2.75, 3.05) is 19.0 Å². The van der Waals surface area contributed by atoms with Crippen LogP contribution in [0, 0.1) is 11.8 Å². The number of hydrogen-bond donors (Lipinski definition) is 1. The van der Waals surface area contributed by atoms with E-state index in [1.165, 1.54) is 19.3 Å². The van der Waals surface area contributed by atoms with E-state index in [9.17, 15) is 18.0 Å². The highest BCUT2D eigenvalue weighted by Gasteiger charge is 2.38. The van der Waals surface area contributed by atoms with Crippen molar-refractivity contribution in [1.29, 1.82) is 0 Å². The molecule has 0 aromatic carbocycles. The number of aliphatic carboxylic acids is 1. The van der Waals surface area contributed by atoms with E-state index >= 15 is 0 Å².